The maximum absolute atomic E-state index is 3.89. The minimum Gasteiger partial charge on any atom is -0.0654 e. The van der Waals surface area contributed by atoms with Crippen molar-refractivity contribution in [3.05, 3.63) is 177 Å². The smallest absolute Gasteiger partial charge is 0.0175 e. The number of rotatable bonds is 50. The normalized spacial score (nSPS) is 11.5. The van der Waals surface area contributed by atoms with Gasteiger partial charge in [0.2, 0.25) is 0 Å². The molecular formula is C90H124Br2. The molecule has 0 radical (unpaired) electrons. The zero-order valence-corrected chi connectivity index (χ0v) is 61.9. The first-order valence-corrected chi connectivity index (χ1v) is 40.1. The standard InChI is InChI=1S/C90H124Br2/c1-5-9-13-17-21-25-29-33-37-41-45-73-49-57-77(58-50-73)85-86(78-59-51-74(52-60-78)46-42-38-34-30-26-22-18-14-10-6-2)88(80-63-55-76(56-64-80)48-44-40-36-32-28-24-20-16-12-8-4)90(82-67-71-84(92)72-68-82)89(81-65-69-83(91)70-66-81)87(85)79-61-53-75(54-62-79)47-43-39-35-31-27-23-19-15-11-7-3/h49-72H,5-48H2,1-4H3. The third-order valence-electron chi connectivity index (χ3n) is 20.0. The predicted octanol–water partition coefficient (Wildman–Crippen LogP) is 31.1. The van der Waals surface area contributed by atoms with Crippen LogP contribution in [0.25, 0.3) is 66.8 Å². The lowest BCUT2D eigenvalue weighted by Gasteiger charge is -2.29. The lowest BCUT2D eigenvalue weighted by molar-refractivity contribution is 0.556. The SMILES string of the molecule is CCCCCCCCCCCCc1ccc(-c2c(-c3ccc(Br)cc3)c(-c3ccc(Br)cc3)c(-c3ccc(CCCCCCCCCCCC)cc3)c(-c3ccc(CCCCCCCCCCCC)cc3)c2-c2ccc(CCCCCCCCCCCC)cc2)cc1. The van der Waals surface area contributed by atoms with Crippen molar-refractivity contribution in [1.29, 1.82) is 0 Å². The highest BCUT2D eigenvalue weighted by Crippen LogP contribution is 2.56. The molecule has 0 aromatic heterocycles. The van der Waals surface area contributed by atoms with Crippen LogP contribution < -0.4 is 0 Å². The number of hydrogen-bond donors (Lipinski definition) is 0. The van der Waals surface area contributed by atoms with E-state index in [1.807, 2.05) is 0 Å². The molecule has 0 spiro atoms. The van der Waals surface area contributed by atoms with Crippen molar-refractivity contribution < 1.29 is 0 Å². The van der Waals surface area contributed by atoms with Gasteiger partial charge in [0.25, 0.3) is 0 Å². The average Bonchev–Trinajstić information content (AvgIpc) is 0.719. The summed E-state index contributed by atoms with van der Waals surface area (Å²) in [7, 11) is 0. The van der Waals surface area contributed by atoms with Gasteiger partial charge in [-0.15, -0.1) is 0 Å². The lowest BCUT2D eigenvalue weighted by Crippen LogP contribution is -2.03. The van der Waals surface area contributed by atoms with Crippen molar-refractivity contribution >= 4 is 31.9 Å². The molecule has 0 N–H and O–H groups in total. The first kappa shape index (κ1) is 74.9. The van der Waals surface area contributed by atoms with Gasteiger partial charge in [0.05, 0.1) is 0 Å². The summed E-state index contributed by atoms with van der Waals surface area (Å²) in [5.74, 6) is 0. The van der Waals surface area contributed by atoms with Gasteiger partial charge in [-0.3, -0.25) is 0 Å². The highest BCUT2D eigenvalue weighted by molar-refractivity contribution is 9.10. The van der Waals surface area contributed by atoms with Crippen LogP contribution in [0.2, 0.25) is 0 Å². The zero-order chi connectivity index (χ0) is 64.5. The fraction of sp³-hybridized carbons (Fsp3) is 0.533. The average molecular weight is 1370 g/mol. The van der Waals surface area contributed by atoms with Crippen molar-refractivity contribution in [1.82, 2.24) is 0 Å². The molecule has 0 atom stereocenters. The lowest BCUT2D eigenvalue weighted by atomic mass is 9.74. The van der Waals surface area contributed by atoms with Crippen LogP contribution in [0.5, 0.6) is 0 Å². The Morgan fingerprint density at radius 2 is 0.293 bits per heavy atom. The Morgan fingerprint density at radius 1 is 0.163 bits per heavy atom. The molecule has 0 aliphatic heterocycles. The first-order chi connectivity index (χ1) is 45.4. The number of halogens is 2. The topological polar surface area (TPSA) is 0 Å². The molecule has 0 saturated heterocycles. The summed E-state index contributed by atoms with van der Waals surface area (Å²) in [4.78, 5) is 0. The van der Waals surface area contributed by atoms with Crippen molar-refractivity contribution in [2.75, 3.05) is 0 Å². The molecule has 0 heterocycles. The summed E-state index contributed by atoms with van der Waals surface area (Å²) in [6.45, 7) is 9.27. The van der Waals surface area contributed by atoms with E-state index in [4.69, 9.17) is 0 Å². The monoisotopic (exact) mass is 1360 g/mol. The number of benzene rings is 7. The molecule has 0 saturated carbocycles. The van der Waals surface area contributed by atoms with Gasteiger partial charge >= 0.3 is 0 Å². The van der Waals surface area contributed by atoms with Crippen LogP contribution in [0.3, 0.4) is 0 Å². The fourth-order valence-corrected chi connectivity index (χ4v) is 14.9. The Kier molecular flexibility index (Phi) is 37.3. The Bertz CT molecular complexity index is 2790. The largest absolute Gasteiger partial charge is 0.0654 e. The zero-order valence-electron chi connectivity index (χ0n) is 58.7. The van der Waals surface area contributed by atoms with E-state index in [9.17, 15) is 0 Å². The summed E-state index contributed by atoms with van der Waals surface area (Å²) >= 11 is 7.79. The van der Waals surface area contributed by atoms with Crippen LogP contribution in [0.4, 0.5) is 0 Å². The molecule has 2 heteroatoms. The molecular weight excluding hydrogens is 1240 g/mol. The van der Waals surface area contributed by atoms with E-state index in [-0.39, 0.29) is 0 Å². The van der Waals surface area contributed by atoms with E-state index in [2.05, 4.69) is 205 Å². The molecule has 7 aromatic carbocycles. The molecule has 0 aliphatic carbocycles. The van der Waals surface area contributed by atoms with Gasteiger partial charge in [0.15, 0.2) is 0 Å². The summed E-state index contributed by atoms with van der Waals surface area (Å²) in [6.07, 6.45) is 58.9. The maximum Gasteiger partial charge on any atom is 0.0175 e. The fourth-order valence-electron chi connectivity index (χ4n) is 14.3. The van der Waals surface area contributed by atoms with E-state index in [0.29, 0.717) is 0 Å². The molecule has 498 valence electrons. The van der Waals surface area contributed by atoms with E-state index in [1.165, 1.54) is 346 Å². The van der Waals surface area contributed by atoms with Crippen LogP contribution in [-0.4, -0.2) is 0 Å². The minimum atomic E-state index is 1.09. The molecule has 0 fully saturated rings. The maximum atomic E-state index is 3.89. The van der Waals surface area contributed by atoms with Crippen molar-refractivity contribution in [2.45, 2.75) is 310 Å². The summed E-state index contributed by atoms with van der Waals surface area (Å²) in [5.41, 5.74) is 21.2. The van der Waals surface area contributed by atoms with Crippen molar-refractivity contribution in [3.63, 3.8) is 0 Å². The van der Waals surface area contributed by atoms with Crippen LogP contribution in [0.15, 0.2) is 155 Å². The second-order valence-corrected chi connectivity index (χ2v) is 29.6. The van der Waals surface area contributed by atoms with E-state index < -0.39 is 0 Å². The second-order valence-electron chi connectivity index (χ2n) is 27.8. The molecule has 92 heavy (non-hydrogen) atoms. The third kappa shape index (κ3) is 26.6. The number of hydrogen-bond acceptors (Lipinski definition) is 0. The summed E-state index contributed by atoms with van der Waals surface area (Å²) < 4.78 is 2.19. The van der Waals surface area contributed by atoms with Gasteiger partial charge in [0, 0.05) is 8.95 Å². The Balaban J connectivity index is 1.33. The van der Waals surface area contributed by atoms with Crippen LogP contribution in [0, 0.1) is 0 Å². The Hall–Kier alpha value is -4.50. The third-order valence-corrected chi connectivity index (χ3v) is 21.1. The summed E-state index contributed by atoms with van der Waals surface area (Å²) in [5, 5.41) is 0. The van der Waals surface area contributed by atoms with Gasteiger partial charge in [0.1, 0.15) is 0 Å². The van der Waals surface area contributed by atoms with Crippen LogP contribution in [-0.2, 0) is 25.7 Å². The quantitative estimate of drug-likeness (QED) is 0.0334. The number of aryl methyl sites for hydroxylation is 4. The predicted molar refractivity (Wildman–Crippen MR) is 417 cm³/mol. The van der Waals surface area contributed by atoms with Crippen LogP contribution >= 0.6 is 31.9 Å². The summed E-state index contributed by atoms with van der Waals surface area (Å²) in [6, 6.07) is 58.2. The number of unbranched alkanes of at least 4 members (excludes halogenated alkanes) is 36. The first-order valence-electron chi connectivity index (χ1n) is 38.5. The minimum absolute atomic E-state index is 1.09. The van der Waals surface area contributed by atoms with Gasteiger partial charge in [-0.05, 0) is 165 Å². The van der Waals surface area contributed by atoms with Gasteiger partial charge < -0.3 is 0 Å². The van der Waals surface area contributed by atoms with Crippen LogP contribution in [0.1, 0.15) is 307 Å². The van der Waals surface area contributed by atoms with Crippen molar-refractivity contribution in [3.8, 4) is 66.8 Å². The molecule has 0 aliphatic rings. The molecule has 7 aromatic rings. The molecule has 0 unspecified atom stereocenters. The Morgan fingerprint density at radius 3 is 0.446 bits per heavy atom. The van der Waals surface area contributed by atoms with Crippen molar-refractivity contribution in [2.24, 2.45) is 0 Å². The van der Waals surface area contributed by atoms with Gasteiger partial charge in [-0.25, -0.2) is 0 Å². The highest BCUT2D eigenvalue weighted by Gasteiger charge is 2.29. The molecule has 0 nitrogen and oxygen atoms in total. The van der Waals surface area contributed by atoms with Gasteiger partial charge in [-0.2, -0.15) is 0 Å². The molecule has 7 rings (SSSR count). The van der Waals surface area contributed by atoms with Gasteiger partial charge in [-0.1, -0.05) is 412 Å². The molecule has 0 amide bonds. The Labute approximate surface area is 581 Å². The van der Waals surface area contributed by atoms with E-state index >= 15 is 0 Å². The van der Waals surface area contributed by atoms with E-state index in [1.54, 1.807) is 0 Å². The molecule has 0 bridgehead atoms. The highest BCUT2D eigenvalue weighted by atomic mass is 79.9. The second kappa shape index (κ2) is 45.8. The van der Waals surface area contributed by atoms with E-state index in [0.717, 1.165) is 34.6 Å².